The minimum Gasteiger partial charge on any atom is -0.352 e. The first-order valence-corrected chi connectivity index (χ1v) is 5.81. The Morgan fingerprint density at radius 3 is 2.65 bits per heavy atom. The van der Waals surface area contributed by atoms with Crippen LogP contribution in [0.2, 0.25) is 0 Å². The van der Waals surface area contributed by atoms with Crippen LogP contribution in [0.4, 0.5) is 5.69 Å². The van der Waals surface area contributed by atoms with Crippen LogP contribution in [0.5, 0.6) is 0 Å². The van der Waals surface area contributed by atoms with Gasteiger partial charge in [-0.15, -0.1) is 0 Å². The number of rotatable bonds is 3. The average Bonchev–Trinajstić information content (AvgIpc) is 2.30. The molecule has 1 atom stereocenters. The summed E-state index contributed by atoms with van der Waals surface area (Å²) < 4.78 is 0. The van der Waals surface area contributed by atoms with Crippen molar-refractivity contribution in [3.05, 3.63) is 42.2 Å². The van der Waals surface area contributed by atoms with Gasteiger partial charge in [0, 0.05) is 18.3 Å². The van der Waals surface area contributed by atoms with E-state index in [1.807, 2.05) is 44.2 Å². The number of likely N-dealkylation sites (N-methyl/N-ethyl adjacent to an activating group) is 1. The van der Waals surface area contributed by atoms with Crippen LogP contribution in [-0.2, 0) is 4.79 Å². The van der Waals surface area contributed by atoms with Gasteiger partial charge in [0.15, 0.2) is 0 Å². The summed E-state index contributed by atoms with van der Waals surface area (Å²) in [7, 11) is 0. The lowest BCUT2D eigenvalue weighted by molar-refractivity contribution is -0.129. The van der Waals surface area contributed by atoms with E-state index in [2.05, 4.69) is 10.6 Å². The number of hydrogen-bond donors (Lipinski definition) is 2. The predicted molar refractivity (Wildman–Crippen MR) is 68.1 cm³/mol. The van der Waals surface area contributed by atoms with Crippen molar-refractivity contribution in [3.63, 3.8) is 0 Å². The molecule has 4 heteroatoms. The van der Waals surface area contributed by atoms with Crippen LogP contribution in [0, 0.1) is 0 Å². The van der Waals surface area contributed by atoms with Crippen LogP contribution in [0.25, 0.3) is 0 Å². The fourth-order valence-corrected chi connectivity index (χ4v) is 1.92. The molecule has 90 valence electrons. The minimum absolute atomic E-state index is 0.0173. The minimum atomic E-state index is 0.0173. The van der Waals surface area contributed by atoms with Crippen molar-refractivity contribution >= 4 is 11.6 Å². The maximum Gasteiger partial charge on any atom is 0.251 e. The number of hydrogen-bond acceptors (Lipinski definition) is 3. The Hall–Kier alpha value is -1.97. The number of nitrogens with one attached hydrogen (secondary N) is 2. The molecule has 0 saturated carbocycles. The lowest BCUT2D eigenvalue weighted by Gasteiger charge is -2.33. The molecule has 0 aromatic heterocycles. The summed E-state index contributed by atoms with van der Waals surface area (Å²) in [6.07, 6.45) is 1.61. The van der Waals surface area contributed by atoms with Gasteiger partial charge in [-0.1, -0.05) is 18.2 Å². The molecule has 1 aliphatic heterocycles. The van der Waals surface area contributed by atoms with E-state index in [4.69, 9.17) is 0 Å². The monoisotopic (exact) mass is 231 g/mol. The van der Waals surface area contributed by atoms with Crippen molar-refractivity contribution in [3.8, 4) is 0 Å². The van der Waals surface area contributed by atoms with Crippen molar-refractivity contribution in [1.29, 1.82) is 0 Å². The maximum absolute atomic E-state index is 11.8. The Balaban J connectivity index is 2.11. The molecule has 0 spiro atoms. The lowest BCUT2D eigenvalue weighted by Crippen LogP contribution is -2.50. The van der Waals surface area contributed by atoms with Crippen LogP contribution in [0.3, 0.4) is 0 Å². The van der Waals surface area contributed by atoms with E-state index in [1.165, 1.54) is 0 Å². The van der Waals surface area contributed by atoms with Crippen molar-refractivity contribution in [1.82, 2.24) is 10.2 Å². The van der Waals surface area contributed by atoms with Gasteiger partial charge in [-0.3, -0.25) is 4.79 Å². The first-order valence-electron chi connectivity index (χ1n) is 5.81. The molecule has 1 aliphatic rings. The highest BCUT2D eigenvalue weighted by Gasteiger charge is 2.22. The molecule has 1 unspecified atom stereocenters. The van der Waals surface area contributed by atoms with E-state index >= 15 is 0 Å². The second-order valence-electron chi connectivity index (χ2n) is 3.99. The van der Waals surface area contributed by atoms with Gasteiger partial charge >= 0.3 is 0 Å². The van der Waals surface area contributed by atoms with Crippen LogP contribution < -0.4 is 10.6 Å². The molecular formula is C13H17N3O. The van der Waals surface area contributed by atoms with Gasteiger partial charge in [-0.2, -0.15) is 0 Å². The highest BCUT2D eigenvalue weighted by atomic mass is 16.2. The molecule has 4 nitrogen and oxygen atoms in total. The van der Waals surface area contributed by atoms with Crippen molar-refractivity contribution in [2.75, 3.05) is 11.9 Å². The quantitative estimate of drug-likeness (QED) is 0.832. The number of carbonyl (C=O) groups excluding carboxylic acids is 1. The van der Waals surface area contributed by atoms with Gasteiger partial charge in [-0.25, -0.2) is 0 Å². The van der Waals surface area contributed by atoms with Gasteiger partial charge in [-0.05, 0) is 26.0 Å². The number of anilines is 1. The molecule has 17 heavy (non-hydrogen) atoms. The molecule has 1 amide bonds. The molecule has 0 aliphatic carbocycles. The van der Waals surface area contributed by atoms with Gasteiger partial charge < -0.3 is 15.5 Å². The van der Waals surface area contributed by atoms with E-state index < -0.39 is 0 Å². The SMILES string of the molecule is CCN1C(=O)C=C(Nc2ccccc2)NC1C. The van der Waals surface area contributed by atoms with Crippen LogP contribution in [0.1, 0.15) is 13.8 Å². The van der Waals surface area contributed by atoms with E-state index in [-0.39, 0.29) is 12.1 Å². The Kier molecular flexibility index (Phi) is 3.32. The third-order valence-electron chi connectivity index (χ3n) is 2.78. The second kappa shape index (κ2) is 4.91. The number of benzene rings is 1. The van der Waals surface area contributed by atoms with Crippen LogP contribution in [-0.4, -0.2) is 23.5 Å². The summed E-state index contributed by atoms with van der Waals surface area (Å²) in [5.41, 5.74) is 0.969. The highest BCUT2D eigenvalue weighted by Crippen LogP contribution is 2.12. The topological polar surface area (TPSA) is 44.4 Å². The third-order valence-corrected chi connectivity index (χ3v) is 2.78. The summed E-state index contributed by atoms with van der Waals surface area (Å²) in [6.45, 7) is 4.66. The maximum atomic E-state index is 11.8. The van der Waals surface area contributed by atoms with Gasteiger partial charge in [0.05, 0.1) is 0 Å². The zero-order valence-electron chi connectivity index (χ0n) is 10.1. The predicted octanol–water partition coefficient (Wildman–Crippen LogP) is 1.74. The number of nitrogens with zero attached hydrogens (tertiary/aromatic N) is 1. The summed E-state index contributed by atoms with van der Waals surface area (Å²) in [6, 6.07) is 9.79. The summed E-state index contributed by atoms with van der Waals surface area (Å²) in [5.74, 6) is 0.788. The van der Waals surface area contributed by atoms with E-state index in [0.717, 1.165) is 11.5 Å². The average molecular weight is 231 g/mol. The molecule has 0 fully saturated rings. The number of para-hydroxylation sites is 1. The van der Waals surface area contributed by atoms with Crippen molar-refractivity contribution < 1.29 is 4.79 Å². The third kappa shape index (κ3) is 2.58. The van der Waals surface area contributed by atoms with E-state index in [9.17, 15) is 4.79 Å². The van der Waals surface area contributed by atoms with Crippen molar-refractivity contribution in [2.24, 2.45) is 0 Å². The fourth-order valence-electron chi connectivity index (χ4n) is 1.92. The Morgan fingerprint density at radius 1 is 1.35 bits per heavy atom. The number of amides is 1. The first-order chi connectivity index (χ1) is 8.20. The lowest BCUT2D eigenvalue weighted by atomic mass is 10.3. The molecule has 1 heterocycles. The molecule has 2 rings (SSSR count). The van der Waals surface area contributed by atoms with Gasteiger partial charge in [0.1, 0.15) is 12.0 Å². The van der Waals surface area contributed by atoms with Gasteiger partial charge in [0.2, 0.25) is 0 Å². The van der Waals surface area contributed by atoms with E-state index in [0.29, 0.717) is 6.54 Å². The Morgan fingerprint density at radius 2 is 2.06 bits per heavy atom. The first kappa shape index (κ1) is 11.5. The molecule has 1 aromatic carbocycles. The zero-order chi connectivity index (χ0) is 12.3. The Bertz CT molecular complexity index is 428. The van der Waals surface area contributed by atoms with E-state index in [1.54, 1.807) is 11.0 Å². The zero-order valence-corrected chi connectivity index (χ0v) is 10.1. The van der Waals surface area contributed by atoms with Crippen LogP contribution in [0.15, 0.2) is 42.2 Å². The normalized spacial score (nSPS) is 19.6. The van der Waals surface area contributed by atoms with Crippen LogP contribution >= 0.6 is 0 Å². The summed E-state index contributed by atoms with van der Waals surface area (Å²) in [4.78, 5) is 13.6. The molecule has 2 N–H and O–H groups in total. The summed E-state index contributed by atoms with van der Waals surface area (Å²) >= 11 is 0. The number of carbonyl (C=O) groups is 1. The highest BCUT2D eigenvalue weighted by molar-refractivity contribution is 5.89. The molecule has 1 aromatic rings. The van der Waals surface area contributed by atoms with Crippen molar-refractivity contribution in [2.45, 2.75) is 20.0 Å². The Labute approximate surface area is 101 Å². The largest absolute Gasteiger partial charge is 0.352 e. The summed E-state index contributed by atoms with van der Waals surface area (Å²) in [5, 5.41) is 6.44. The second-order valence-corrected chi connectivity index (χ2v) is 3.99. The van der Waals surface area contributed by atoms with Gasteiger partial charge in [0.25, 0.3) is 5.91 Å². The smallest absolute Gasteiger partial charge is 0.251 e. The fraction of sp³-hybridized carbons (Fsp3) is 0.308. The molecular weight excluding hydrogens is 214 g/mol. The molecule has 0 saturated heterocycles. The standard InChI is InChI=1S/C13H17N3O/c1-3-16-10(2)14-12(9-13(16)17)15-11-7-5-4-6-8-11/h4-10,14-15H,3H2,1-2H3. The molecule has 0 bridgehead atoms. The molecule has 0 radical (unpaired) electrons.